The summed E-state index contributed by atoms with van der Waals surface area (Å²) in [4.78, 5) is 12.5. The molecular formula is C18H24N4O4S. The van der Waals surface area contributed by atoms with E-state index in [2.05, 4.69) is 22.4 Å². The first-order valence-corrected chi connectivity index (χ1v) is 10.5. The molecule has 0 spiro atoms. The van der Waals surface area contributed by atoms with Crippen LogP contribution in [0.25, 0.3) is 0 Å². The molecule has 27 heavy (non-hydrogen) atoms. The maximum Gasteiger partial charge on any atom is 0.322 e. The van der Waals surface area contributed by atoms with Crippen molar-refractivity contribution in [1.29, 1.82) is 0 Å². The van der Waals surface area contributed by atoms with Crippen molar-refractivity contribution in [1.82, 2.24) is 14.5 Å². The fraction of sp³-hybridized carbons (Fsp3) is 0.500. The zero-order valence-electron chi connectivity index (χ0n) is 15.7. The third kappa shape index (κ3) is 4.36. The summed E-state index contributed by atoms with van der Waals surface area (Å²) < 4.78 is 32.4. The third-order valence-electron chi connectivity index (χ3n) is 4.53. The Hall–Kier alpha value is -2.26. The van der Waals surface area contributed by atoms with Crippen molar-refractivity contribution in [2.45, 2.75) is 44.4 Å². The quantitative estimate of drug-likeness (QED) is 0.839. The van der Waals surface area contributed by atoms with Crippen LogP contribution in [0.4, 0.5) is 6.01 Å². The SMILES string of the molecule is CC1CCCN(S(=O)(=O)c2ccc(C(=O)Nc3nnc(C(C)C)o3)cc2)C1. The average Bonchev–Trinajstić information content (AvgIpc) is 3.10. The first-order valence-electron chi connectivity index (χ1n) is 9.02. The molecule has 1 aliphatic rings. The molecule has 0 bridgehead atoms. The molecule has 8 nitrogen and oxygen atoms in total. The number of carbonyl (C=O) groups excluding carboxylic acids is 1. The Morgan fingerprint density at radius 1 is 1.26 bits per heavy atom. The Bertz CT molecular complexity index is 906. The second-order valence-corrected chi connectivity index (χ2v) is 9.13. The van der Waals surface area contributed by atoms with Crippen LogP contribution in [0.1, 0.15) is 55.8 Å². The zero-order chi connectivity index (χ0) is 19.6. The highest BCUT2D eigenvalue weighted by atomic mass is 32.2. The minimum absolute atomic E-state index is 0.0164. The summed E-state index contributed by atoms with van der Waals surface area (Å²) in [5, 5.41) is 10.1. The first-order chi connectivity index (χ1) is 12.8. The second-order valence-electron chi connectivity index (χ2n) is 7.19. The van der Waals surface area contributed by atoms with E-state index in [0.717, 1.165) is 12.8 Å². The van der Waals surface area contributed by atoms with Crippen molar-refractivity contribution in [3.05, 3.63) is 35.7 Å². The number of piperidine rings is 1. The largest absolute Gasteiger partial charge is 0.408 e. The van der Waals surface area contributed by atoms with Gasteiger partial charge in [0.05, 0.1) is 4.90 Å². The molecule has 1 aromatic carbocycles. The predicted octanol–water partition coefficient (Wildman–Crippen LogP) is 2.87. The van der Waals surface area contributed by atoms with Gasteiger partial charge in [0.15, 0.2) is 0 Å². The molecule has 0 saturated carbocycles. The Kier molecular flexibility index (Phi) is 5.61. The second kappa shape index (κ2) is 7.77. The summed E-state index contributed by atoms with van der Waals surface area (Å²) in [6.45, 7) is 6.92. The number of carbonyl (C=O) groups is 1. The van der Waals surface area contributed by atoms with Crippen LogP contribution in [0.15, 0.2) is 33.6 Å². The van der Waals surface area contributed by atoms with Gasteiger partial charge in [0.1, 0.15) is 0 Å². The number of sulfonamides is 1. The van der Waals surface area contributed by atoms with Gasteiger partial charge in [0.25, 0.3) is 5.91 Å². The number of hydrogen-bond donors (Lipinski definition) is 1. The number of anilines is 1. The lowest BCUT2D eigenvalue weighted by atomic mass is 10.0. The van der Waals surface area contributed by atoms with Crippen LogP contribution in [0.2, 0.25) is 0 Å². The smallest absolute Gasteiger partial charge is 0.322 e. The Morgan fingerprint density at radius 3 is 2.56 bits per heavy atom. The van der Waals surface area contributed by atoms with E-state index >= 15 is 0 Å². The molecule has 146 valence electrons. The average molecular weight is 392 g/mol. The molecule has 2 aromatic rings. The van der Waals surface area contributed by atoms with Gasteiger partial charge in [-0.15, -0.1) is 5.10 Å². The van der Waals surface area contributed by atoms with Crippen LogP contribution in [-0.2, 0) is 10.0 Å². The van der Waals surface area contributed by atoms with Gasteiger partial charge in [-0.3, -0.25) is 10.1 Å². The molecule has 0 radical (unpaired) electrons. The number of nitrogens with one attached hydrogen (secondary N) is 1. The number of hydrogen-bond acceptors (Lipinski definition) is 6. The van der Waals surface area contributed by atoms with Crippen LogP contribution in [0, 0.1) is 5.92 Å². The van der Waals surface area contributed by atoms with Crippen LogP contribution < -0.4 is 5.32 Å². The summed E-state index contributed by atoms with van der Waals surface area (Å²) in [6.07, 6.45) is 1.91. The lowest BCUT2D eigenvalue weighted by Gasteiger charge is -2.30. The van der Waals surface area contributed by atoms with Gasteiger partial charge in [0.2, 0.25) is 15.9 Å². The van der Waals surface area contributed by atoms with Crippen molar-refractivity contribution >= 4 is 21.9 Å². The molecule has 1 fully saturated rings. The van der Waals surface area contributed by atoms with Gasteiger partial charge in [-0.1, -0.05) is 25.9 Å². The van der Waals surface area contributed by atoms with Crippen LogP contribution >= 0.6 is 0 Å². The lowest BCUT2D eigenvalue weighted by Crippen LogP contribution is -2.39. The monoisotopic (exact) mass is 392 g/mol. The fourth-order valence-corrected chi connectivity index (χ4v) is 4.58. The molecule has 1 saturated heterocycles. The van der Waals surface area contributed by atoms with Crippen LogP contribution in [0.3, 0.4) is 0 Å². The summed E-state index contributed by atoms with van der Waals surface area (Å²) in [5.74, 6) is 0.404. The number of benzene rings is 1. The Labute approximate surface area is 159 Å². The molecule has 1 aromatic heterocycles. The van der Waals surface area contributed by atoms with E-state index in [1.807, 2.05) is 13.8 Å². The van der Waals surface area contributed by atoms with Gasteiger partial charge in [0, 0.05) is 24.6 Å². The molecule has 1 aliphatic heterocycles. The topological polar surface area (TPSA) is 105 Å². The predicted molar refractivity (Wildman–Crippen MR) is 99.9 cm³/mol. The Morgan fingerprint density at radius 2 is 1.96 bits per heavy atom. The molecule has 3 rings (SSSR count). The maximum absolute atomic E-state index is 12.8. The maximum atomic E-state index is 12.8. The van der Waals surface area contributed by atoms with E-state index in [9.17, 15) is 13.2 Å². The standard InChI is InChI=1S/C18H24N4O4S/c1-12(2)17-20-21-18(26-17)19-16(23)14-6-8-15(9-7-14)27(24,25)22-10-4-5-13(3)11-22/h6-9,12-13H,4-5,10-11H2,1-3H3,(H,19,21,23). The summed E-state index contributed by atoms with van der Waals surface area (Å²) >= 11 is 0. The summed E-state index contributed by atoms with van der Waals surface area (Å²) in [5.41, 5.74) is 0.310. The Balaban J connectivity index is 1.71. The van der Waals surface area contributed by atoms with Crippen molar-refractivity contribution in [3.63, 3.8) is 0 Å². The molecular weight excluding hydrogens is 368 g/mol. The molecule has 1 N–H and O–H groups in total. The molecule has 2 heterocycles. The minimum atomic E-state index is -3.54. The summed E-state index contributed by atoms with van der Waals surface area (Å²) in [7, 11) is -3.54. The number of rotatable bonds is 5. The third-order valence-corrected chi connectivity index (χ3v) is 6.41. The van der Waals surface area contributed by atoms with E-state index in [-0.39, 0.29) is 16.8 Å². The first kappa shape index (κ1) is 19.5. The van der Waals surface area contributed by atoms with Crippen LogP contribution in [-0.4, -0.2) is 41.9 Å². The minimum Gasteiger partial charge on any atom is -0.408 e. The fourth-order valence-electron chi connectivity index (χ4n) is 2.98. The van der Waals surface area contributed by atoms with Crippen molar-refractivity contribution < 1.29 is 17.6 Å². The summed E-state index contributed by atoms with van der Waals surface area (Å²) in [6, 6.07) is 5.89. The number of aromatic nitrogens is 2. The van der Waals surface area contributed by atoms with E-state index in [4.69, 9.17) is 4.42 Å². The molecule has 1 unspecified atom stereocenters. The van der Waals surface area contributed by atoms with Gasteiger partial charge in [-0.2, -0.15) is 4.31 Å². The highest BCUT2D eigenvalue weighted by Gasteiger charge is 2.28. The number of amides is 1. The molecule has 1 atom stereocenters. The molecule has 0 aliphatic carbocycles. The highest BCUT2D eigenvalue weighted by molar-refractivity contribution is 7.89. The molecule has 1 amide bonds. The van der Waals surface area contributed by atoms with Gasteiger partial charge in [-0.05, 0) is 43.0 Å². The van der Waals surface area contributed by atoms with Crippen molar-refractivity contribution in [3.8, 4) is 0 Å². The zero-order valence-corrected chi connectivity index (χ0v) is 16.5. The van der Waals surface area contributed by atoms with E-state index in [1.165, 1.54) is 28.6 Å². The van der Waals surface area contributed by atoms with E-state index in [1.54, 1.807) is 0 Å². The highest BCUT2D eigenvalue weighted by Crippen LogP contribution is 2.24. The van der Waals surface area contributed by atoms with Crippen molar-refractivity contribution in [2.24, 2.45) is 5.92 Å². The molecule has 9 heteroatoms. The van der Waals surface area contributed by atoms with Gasteiger partial charge < -0.3 is 4.42 Å². The normalized spacial score (nSPS) is 18.6. The van der Waals surface area contributed by atoms with Crippen LogP contribution in [0.5, 0.6) is 0 Å². The van der Waals surface area contributed by atoms with E-state index < -0.39 is 15.9 Å². The lowest BCUT2D eigenvalue weighted by molar-refractivity contribution is 0.102. The number of nitrogens with zero attached hydrogens (tertiary/aromatic N) is 3. The van der Waals surface area contributed by atoms with Gasteiger partial charge in [-0.25, -0.2) is 8.42 Å². The van der Waals surface area contributed by atoms with E-state index in [0.29, 0.717) is 30.5 Å². The van der Waals surface area contributed by atoms with Crippen molar-refractivity contribution in [2.75, 3.05) is 18.4 Å². The van der Waals surface area contributed by atoms with Gasteiger partial charge >= 0.3 is 6.01 Å².